The molecule has 18 heavy (non-hydrogen) atoms. The van der Waals surface area contributed by atoms with Gasteiger partial charge in [0, 0.05) is 12.0 Å². The molecular formula is C13H25N3O2. The number of amidine groups is 1. The Hall–Kier alpha value is -1.26. The highest BCUT2D eigenvalue weighted by Crippen LogP contribution is 2.25. The fourth-order valence-corrected chi connectivity index (χ4v) is 2.48. The molecule has 0 spiro atoms. The van der Waals surface area contributed by atoms with Crippen LogP contribution < -0.4 is 5.73 Å². The van der Waals surface area contributed by atoms with Crippen LogP contribution in [0.15, 0.2) is 5.16 Å². The summed E-state index contributed by atoms with van der Waals surface area (Å²) in [6, 6.07) is 0.0704. The first-order valence-corrected chi connectivity index (χ1v) is 6.83. The van der Waals surface area contributed by atoms with Crippen LogP contribution in [0, 0.1) is 5.92 Å². The topological polar surface area (TPSA) is 78.9 Å². The van der Waals surface area contributed by atoms with Gasteiger partial charge in [-0.1, -0.05) is 30.8 Å². The highest BCUT2D eigenvalue weighted by molar-refractivity contribution is 5.87. The van der Waals surface area contributed by atoms with Crippen LogP contribution in [-0.2, 0) is 4.79 Å². The number of nitrogens with zero attached hydrogens (tertiary/aromatic N) is 2. The van der Waals surface area contributed by atoms with Crippen LogP contribution in [0.4, 0.5) is 0 Å². The quantitative estimate of drug-likeness (QED) is 0.265. The second-order valence-electron chi connectivity index (χ2n) is 5.34. The fraction of sp³-hybridized carbons (Fsp3) is 0.846. The van der Waals surface area contributed by atoms with Crippen molar-refractivity contribution in [2.24, 2.45) is 16.8 Å². The number of hydrogen-bond acceptors (Lipinski definition) is 3. The summed E-state index contributed by atoms with van der Waals surface area (Å²) < 4.78 is 0. The van der Waals surface area contributed by atoms with E-state index in [-0.39, 0.29) is 30.2 Å². The van der Waals surface area contributed by atoms with E-state index in [4.69, 9.17) is 10.9 Å². The number of oxime groups is 1. The molecule has 1 rings (SSSR count). The second-order valence-corrected chi connectivity index (χ2v) is 5.34. The molecule has 3 N–H and O–H groups in total. The van der Waals surface area contributed by atoms with E-state index in [0.717, 1.165) is 25.7 Å². The summed E-state index contributed by atoms with van der Waals surface area (Å²) in [5, 5.41) is 11.6. The van der Waals surface area contributed by atoms with E-state index in [0.29, 0.717) is 0 Å². The van der Waals surface area contributed by atoms with Crippen LogP contribution in [0.5, 0.6) is 0 Å². The molecule has 0 unspecified atom stereocenters. The van der Waals surface area contributed by atoms with Crippen molar-refractivity contribution in [1.82, 2.24) is 4.90 Å². The first-order valence-electron chi connectivity index (χ1n) is 6.83. The molecule has 0 aromatic rings. The average Bonchev–Trinajstić information content (AvgIpc) is 2.63. The summed E-state index contributed by atoms with van der Waals surface area (Å²) >= 11 is 0. The maximum Gasteiger partial charge on any atom is 0.226 e. The first-order chi connectivity index (χ1) is 8.56. The van der Waals surface area contributed by atoms with Crippen molar-refractivity contribution in [3.63, 3.8) is 0 Å². The van der Waals surface area contributed by atoms with Crippen LogP contribution in [-0.4, -0.2) is 34.4 Å². The van der Waals surface area contributed by atoms with E-state index in [2.05, 4.69) is 5.16 Å². The molecule has 0 aromatic carbocycles. The van der Waals surface area contributed by atoms with Gasteiger partial charge in [0.2, 0.25) is 5.91 Å². The second kappa shape index (κ2) is 7.24. The Bertz CT molecular complexity index is 295. The van der Waals surface area contributed by atoms with Crippen LogP contribution in [0.2, 0.25) is 0 Å². The number of nitrogens with two attached hydrogens (primary N) is 1. The van der Waals surface area contributed by atoms with Gasteiger partial charge in [0.1, 0.15) is 0 Å². The molecule has 5 nitrogen and oxygen atoms in total. The Morgan fingerprint density at radius 2 is 1.89 bits per heavy atom. The lowest BCUT2D eigenvalue weighted by Crippen LogP contribution is -2.45. The van der Waals surface area contributed by atoms with Crippen molar-refractivity contribution >= 4 is 11.7 Å². The molecule has 1 fully saturated rings. The molecule has 0 aliphatic heterocycles. The van der Waals surface area contributed by atoms with Crippen molar-refractivity contribution in [3.8, 4) is 0 Å². The van der Waals surface area contributed by atoms with E-state index >= 15 is 0 Å². The lowest BCUT2D eigenvalue weighted by Gasteiger charge is -2.29. The van der Waals surface area contributed by atoms with Gasteiger partial charge in [-0.25, -0.2) is 0 Å². The lowest BCUT2D eigenvalue weighted by molar-refractivity contribution is -0.136. The smallest absolute Gasteiger partial charge is 0.226 e. The van der Waals surface area contributed by atoms with E-state index in [9.17, 15) is 4.79 Å². The summed E-state index contributed by atoms with van der Waals surface area (Å²) in [5.41, 5.74) is 5.52. The van der Waals surface area contributed by atoms with Crippen molar-refractivity contribution < 1.29 is 10.0 Å². The van der Waals surface area contributed by atoms with Gasteiger partial charge < -0.3 is 15.8 Å². The molecule has 1 aliphatic rings. The van der Waals surface area contributed by atoms with E-state index in [1.54, 1.807) is 4.90 Å². The molecule has 5 heteroatoms. The predicted octanol–water partition coefficient (Wildman–Crippen LogP) is 1.94. The van der Waals surface area contributed by atoms with Gasteiger partial charge in [-0.3, -0.25) is 4.79 Å². The molecule has 0 atom stereocenters. The Morgan fingerprint density at radius 3 is 2.33 bits per heavy atom. The zero-order chi connectivity index (χ0) is 13.5. The largest absolute Gasteiger partial charge is 0.409 e. The molecule has 1 aliphatic carbocycles. The average molecular weight is 255 g/mol. The third-order valence-electron chi connectivity index (χ3n) is 3.57. The van der Waals surface area contributed by atoms with Gasteiger partial charge in [-0.2, -0.15) is 0 Å². The molecular weight excluding hydrogens is 230 g/mol. The van der Waals surface area contributed by atoms with E-state index in [1.165, 1.54) is 12.8 Å². The Labute approximate surface area is 109 Å². The maximum atomic E-state index is 12.5. The molecule has 0 saturated heterocycles. The molecule has 1 amide bonds. The number of amides is 1. The number of carbonyl (C=O) groups is 1. The number of rotatable bonds is 4. The third-order valence-corrected chi connectivity index (χ3v) is 3.57. The summed E-state index contributed by atoms with van der Waals surface area (Å²) in [5.74, 6) is 0.352. The number of carbonyl (C=O) groups excluding carboxylic acids is 1. The minimum absolute atomic E-state index is 0.0704. The van der Waals surface area contributed by atoms with Crippen LogP contribution in [0.3, 0.4) is 0 Å². The van der Waals surface area contributed by atoms with E-state index < -0.39 is 0 Å². The standard InChI is InChI=1S/C13H25N3O2/c1-10(2)16(9-12(14)15-18)13(17)11-7-5-3-4-6-8-11/h10-11,18H,3-9H2,1-2H3,(H2,14,15). The summed E-state index contributed by atoms with van der Waals surface area (Å²) in [7, 11) is 0. The highest BCUT2D eigenvalue weighted by Gasteiger charge is 2.27. The van der Waals surface area contributed by atoms with Gasteiger partial charge in [-0.05, 0) is 26.7 Å². The van der Waals surface area contributed by atoms with Crippen molar-refractivity contribution in [1.29, 1.82) is 0 Å². The molecule has 0 heterocycles. The zero-order valence-electron chi connectivity index (χ0n) is 11.4. The zero-order valence-corrected chi connectivity index (χ0v) is 11.4. The van der Waals surface area contributed by atoms with Crippen LogP contribution in [0.1, 0.15) is 52.4 Å². The number of hydrogen-bond donors (Lipinski definition) is 2. The summed E-state index contributed by atoms with van der Waals surface area (Å²) in [6.45, 7) is 4.13. The van der Waals surface area contributed by atoms with Gasteiger partial charge in [0.05, 0.1) is 6.54 Å². The van der Waals surface area contributed by atoms with E-state index in [1.807, 2.05) is 13.8 Å². The fourth-order valence-electron chi connectivity index (χ4n) is 2.48. The maximum absolute atomic E-state index is 12.5. The van der Waals surface area contributed by atoms with Crippen molar-refractivity contribution in [2.45, 2.75) is 58.4 Å². The summed E-state index contributed by atoms with van der Waals surface area (Å²) in [6.07, 6.45) is 6.66. The Kier molecular flexibility index (Phi) is 5.95. The van der Waals surface area contributed by atoms with Crippen molar-refractivity contribution in [2.75, 3.05) is 6.54 Å². The Morgan fingerprint density at radius 1 is 1.33 bits per heavy atom. The van der Waals surface area contributed by atoms with Gasteiger partial charge in [-0.15, -0.1) is 0 Å². The minimum Gasteiger partial charge on any atom is -0.409 e. The molecule has 0 bridgehead atoms. The molecule has 1 saturated carbocycles. The van der Waals surface area contributed by atoms with Crippen LogP contribution in [0.25, 0.3) is 0 Å². The third kappa shape index (κ3) is 4.20. The summed E-state index contributed by atoms with van der Waals surface area (Å²) in [4.78, 5) is 14.2. The molecule has 0 radical (unpaired) electrons. The van der Waals surface area contributed by atoms with Crippen LogP contribution >= 0.6 is 0 Å². The van der Waals surface area contributed by atoms with Crippen molar-refractivity contribution in [3.05, 3.63) is 0 Å². The normalized spacial score (nSPS) is 18.7. The van der Waals surface area contributed by atoms with Gasteiger partial charge in [0.15, 0.2) is 5.84 Å². The predicted molar refractivity (Wildman–Crippen MR) is 71.4 cm³/mol. The molecule has 0 aromatic heterocycles. The Balaban J connectivity index is 2.68. The minimum atomic E-state index is 0.0704. The lowest BCUT2D eigenvalue weighted by atomic mass is 9.98. The first kappa shape index (κ1) is 14.8. The molecule has 104 valence electrons. The SMILES string of the molecule is CC(C)N(CC(N)=NO)C(=O)C1CCCCCC1. The van der Waals surface area contributed by atoms with Gasteiger partial charge in [0.25, 0.3) is 0 Å². The highest BCUT2D eigenvalue weighted by atomic mass is 16.4. The monoisotopic (exact) mass is 255 g/mol. The van der Waals surface area contributed by atoms with Gasteiger partial charge >= 0.3 is 0 Å².